The molecule has 224 valence electrons. The second kappa shape index (κ2) is 12.2. The number of fused-ring (bicyclic) bond motifs is 3. The maximum atomic E-state index is 13.9. The number of aromatic hydroxyl groups is 1. The van der Waals surface area contributed by atoms with Gasteiger partial charge in [0.05, 0.1) is 34.2 Å². The summed E-state index contributed by atoms with van der Waals surface area (Å²) in [7, 11) is -1.12. The van der Waals surface area contributed by atoms with Crippen molar-refractivity contribution in [3.05, 3.63) is 105 Å². The van der Waals surface area contributed by atoms with Crippen LogP contribution in [-0.2, 0) is 14.2 Å². The van der Waals surface area contributed by atoms with Crippen LogP contribution in [0.1, 0.15) is 43.9 Å². The van der Waals surface area contributed by atoms with E-state index >= 15 is 0 Å². The predicted molar refractivity (Wildman–Crippen MR) is 165 cm³/mol. The predicted octanol–water partition coefficient (Wildman–Crippen LogP) is 5.43. The van der Waals surface area contributed by atoms with Gasteiger partial charge in [-0.05, 0) is 79.4 Å². The fraction of sp³-hybridized carbons (Fsp3) is 0.303. The average molecular weight is 593 g/mol. The highest BCUT2D eigenvalue weighted by Crippen LogP contribution is 2.52. The summed E-state index contributed by atoms with van der Waals surface area (Å²) in [6, 6.07) is 18.3. The van der Waals surface area contributed by atoms with Crippen LogP contribution in [0, 0.1) is 27.9 Å². The summed E-state index contributed by atoms with van der Waals surface area (Å²) in [6.07, 6.45) is 5.33. The number of imide groups is 1. The number of benzene rings is 2. The van der Waals surface area contributed by atoms with Gasteiger partial charge in [-0.25, -0.2) is 4.90 Å². The third-order valence-electron chi connectivity index (χ3n) is 8.97. The Hall–Kier alpha value is -4.61. The fourth-order valence-corrected chi connectivity index (χ4v) is 7.01. The van der Waals surface area contributed by atoms with Crippen molar-refractivity contribution in [2.45, 2.75) is 45.0 Å². The van der Waals surface area contributed by atoms with Gasteiger partial charge in [-0.3, -0.25) is 24.7 Å². The standard InChI is InChI=1S/C33H32BN3O7/c1-2-20-17-25-31(33(40)36(32(25)39)23-9-7-10-24(18-23)37(42)43)26-19-34(41)44-29(30(20)26)14-13-21(27-11-5-6-15-35-27)16-22-8-3-4-12-28(22)38/h3-12,15-16,18,25-26,29,31,38,41H,2,13-14,17,19H2,1H3/b21-16-/t25-,26+,29-,31-/m1/s1. The van der Waals surface area contributed by atoms with E-state index in [-0.39, 0.29) is 29.4 Å². The molecule has 2 aromatic carbocycles. The molecular weight excluding hydrogens is 561 g/mol. The van der Waals surface area contributed by atoms with Gasteiger partial charge in [0.2, 0.25) is 11.8 Å². The van der Waals surface area contributed by atoms with Gasteiger partial charge in [0, 0.05) is 23.9 Å². The van der Waals surface area contributed by atoms with Crippen molar-refractivity contribution in [3.8, 4) is 5.75 Å². The van der Waals surface area contributed by atoms with Crippen molar-refractivity contribution >= 4 is 42.0 Å². The highest BCUT2D eigenvalue weighted by atomic mass is 16.6. The molecule has 3 aliphatic rings. The molecule has 11 heteroatoms. The lowest BCUT2D eigenvalue weighted by Crippen LogP contribution is -2.46. The van der Waals surface area contributed by atoms with E-state index in [1.54, 1.807) is 18.3 Å². The number of amides is 2. The van der Waals surface area contributed by atoms with Crippen molar-refractivity contribution < 1.29 is 29.3 Å². The summed E-state index contributed by atoms with van der Waals surface area (Å²) in [5.41, 5.74) is 4.27. The summed E-state index contributed by atoms with van der Waals surface area (Å²) in [5.74, 6) is -2.33. The van der Waals surface area contributed by atoms with E-state index in [4.69, 9.17) is 4.65 Å². The van der Waals surface area contributed by atoms with Crippen molar-refractivity contribution in [2.75, 3.05) is 4.90 Å². The van der Waals surface area contributed by atoms with Gasteiger partial charge in [-0.2, -0.15) is 0 Å². The molecule has 0 unspecified atom stereocenters. The number of carbonyl (C=O) groups excluding carboxylic acids is 2. The first kappa shape index (κ1) is 29.5. The zero-order valence-electron chi connectivity index (χ0n) is 24.2. The number of hydrogen-bond acceptors (Lipinski definition) is 8. The lowest BCUT2D eigenvalue weighted by Gasteiger charge is -2.43. The van der Waals surface area contributed by atoms with Gasteiger partial charge in [0.25, 0.3) is 5.69 Å². The number of aromatic nitrogens is 1. The van der Waals surface area contributed by atoms with Crippen molar-refractivity contribution in [1.29, 1.82) is 0 Å². The van der Waals surface area contributed by atoms with Crippen molar-refractivity contribution in [1.82, 2.24) is 4.98 Å². The first-order valence-corrected chi connectivity index (χ1v) is 14.8. The molecular formula is C33H32BN3O7. The molecule has 0 spiro atoms. The first-order valence-electron chi connectivity index (χ1n) is 14.8. The molecule has 6 rings (SSSR count). The number of phenols is 1. The lowest BCUT2D eigenvalue weighted by molar-refractivity contribution is -0.384. The summed E-state index contributed by atoms with van der Waals surface area (Å²) >= 11 is 0. The molecule has 3 heterocycles. The minimum atomic E-state index is -1.12. The SMILES string of the molecule is CCC1=C2[C@@H](CC/C(=C/c3ccccc3O)c3ccccn3)OB(O)C[C@@H]2[C@@H]2C(=O)N(c3cccc([N+](=O)[O-])c3)C(=O)[C@@H]2C1. The number of para-hydroxylation sites is 1. The first-order chi connectivity index (χ1) is 21.3. The van der Waals surface area contributed by atoms with E-state index in [1.807, 2.05) is 43.3 Å². The summed E-state index contributed by atoms with van der Waals surface area (Å²) in [4.78, 5) is 44.1. The molecule has 0 radical (unpaired) electrons. The Morgan fingerprint density at radius 2 is 1.91 bits per heavy atom. The van der Waals surface area contributed by atoms with Crippen LogP contribution in [0.4, 0.5) is 11.4 Å². The monoisotopic (exact) mass is 593 g/mol. The molecule has 2 aliphatic heterocycles. The number of phenolic OH excluding ortho intramolecular Hbond substituents is 1. The van der Waals surface area contributed by atoms with Crippen LogP contribution in [-0.4, -0.2) is 45.1 Å². The maximum Gasteiger partial charge on any atom is 0.455 e. The average Bonchev–Trinajstić information content (AvgIpc) is 3.28. The molecule has 1 aromatic heterocycles. The van der Waals surface area contributed by atoms with E-state index in [9.17, 15) is 29.8 Å². The zero-order valence-corrected chi connectivity index (χ0v) is 24.2. The van der Waals surface area contributed by atoms with E-state index < -0.39 is 41.8 Å². The topological polar surface area (TPSA) is 143 Å². The summed E-state index contributed by atoms with van der Waals surface area (Å²) in [6.45, 7) is 2.01. The van der Waals surface area contributed by atoms with Gasteiger partial charge < -0.3 is 14.8 Å². The largest absolute Gasteiger partial charge is 0.507 e. The molecule has 3 aromatic rings. The number of nitro groups is 1. The summed E-state index contributed by atoms with van der Waals surface area (Å²) < 4.78 is 6.13. The number of rotatable bonds is 8. The minimum Gasteiger partial charge on any atom is -0.507 e. The van der Waals surface area contributed by atoms with Gasteiger partial charge in [0.15, 0.2) is 0 Å². The van der Waals surface area contributed by atoms with Crippen LogP contribution in [0.2, 0.25) is 6.32 Å². The second-order valence-corrected chi connectivity index (χ2v) is 11.4. The minimum absolute atomic E-state index is 0.150. The Kier molecular flexibility index (Phi) is 8.16. The molecule has 0 bridgehead atoms. The number of pyridine rings is 1. The van der Waals surface area contributed by atoms with Gasteiger partial charge in [-0.1, -0.05) is 42.8 Å². The van der Waals surface area contributed by atoms with Crippen molar-refractivity contribution in [3.63, 3.8) is 0 Å². The molecule has 4 atom stereocenters. The number of hydrogen-bond donors (Lipinski definition) is 2. The lowest BCUT2D eigenvalue weighted by atomic mass is 9.58. The molecule has 2 N–H and O–H groups in total. The molecule has 2 amide bonds. The molecule has 44 heavy (non-hydrogen) atoms. The number of nitrogens with zero attached hydrogens (tertiary/aromatic N) is 3. The summed E-state index contributed by atoms with van der Waals surface area (Å²) in [5, 5.41) is 32.7. The normalized spacial score (nSPS) is 23.5. The Morgan fingerprint density at radius 3 is 2.64 bits per heavy atom. The van der Waals surface area contributed by atoms with E-state index in [0.29, 0.717) is 31.2 Å². The van der Waals surface area contributed by atoms with Crippen LogP contribution in [0.25, 0.3) is 11.6 Å². The highest BCUT2D eigenvalue weighted by Gasteiger charge is 2.57. The number of nitro benzene ring substituents is 1. The maximum absolute atomic E-state index is 13.9. The Bertz CT molecular complexity index is 1670. The van der Waals surface area contributed by atoms with Gasteiger partial charge >= 0.3 is 7.12 Å². The van der Waals surface area contributed by atoms with E-state index in [0.717, 1.165) is 27.3 Å². The van der Waals surface area contributed by atoms with Crippen molar-refractivity contribution in [2.24, 2.45) is 17.8 Å². The molecule has 2 saturated heterocycles. The van der Waals surface area contributed by atoms with Gasteiger partial charge in [-0.15, -0.1) is 0 Å². The van der Waals surface area contributed by atoms with Crippen LogP contribution in [0.15, 0.2) is 84.1 Å². The number of non-ortho nitro benzene ring substituents is 1. The number of carbonyl (C=O) groups is 2. The van der Waals surface area contributed by atoms with Crippen LogP contribution in [0.5, 0.6) is 5.75 Å². The molecule has 2 fully saturated rings. The molecule has 10 nitrogen and oxygen atoms in total. The second-order valence-electron chi connectivity index (χ2n) is 11.4. The fourth-order valence-electron chi connectivity index (χ4n) is 7.01. The van der Waals surface area contributed by atoms with Gasteiger partial charge in [0.1, 0.15) is 5.75 Å². The zero-order chi connectivity index (χ0) is 31.0. The number of anilines is 1. The third-order valence-corrected chi connectivity index (χ3v) is 8.97. The molecule has 1 aliphatic carbocycles. The highest BCUT2D eigenvalue weighted by molar-refractivity contribution is 6.43. The molecule has 0 saturated carbocycles. The van der Waals surface area contributed by atoms with Crippen LogP contribution < -0.4 is 4.90 Å². The quantitative estimate of drug-likeness (QED) is 0.116. The Labute approximate surface area is 255 Å². The Balaban J connectivity index is 1.32. The van der Waals surface area contributed by atoms with Crippen LogP contribution in [0.3, 0.4) is 0 Å². The Morgan fingerprint density at radius 1 is 1.11 bits per heavy atom. The number of allylic oxidation sites excluding steroid dienone is 2. The smallest absolute Gasteiger partial charge is 0.455 e. The van der Waals surface area contributed by atoms with Crippen LogP contribution >= 0.6 is 0 Å². The van der Waals surface area contributed by atoms with E-state index in [2.05, 4.69) is 4.98 Å². The van der Waals surface area contributed by atoms with E-state index in [1.165, 1.54) is 24.3 Å². The third kappa shape index (κ3) is 5.44.